The molecule has 5 heteroatoms. The zero-order valence-corrected chi connectivity index (χ0v) is 11.7. The van der Waals surface area contributed by atoms with Gasteiger partial charge in [0.2, 0.25) is 11.8 Å². The molecule has 1 aliphatic carbocycles. The van der Waals surface area contributed by atoms with E-state index in [4.69, 9.17) is 5.73 Å². The van der Waals surface area contributed by atoms with Gasteiger partial charge in [0.05, 0.1) is 0 Å². The van der Waals surface area contributed by atoms with Crippen LogP contribution >= 0.6 is 0 Å². The standard InChI is InChI=1S/C14H25N3O2/c1-10(9-15)8-13(18)16-12-4-6-17(7-5-12)14(19)11-2-3-11/h10-12H,2-9,15H2,1H3,(H,16,18). The molecule has 0 spiro atoms. The Hall–Kier alpha value is -1.10. The Labute approximate surface area is 114 Å². The largest absolute Gasteiger partial charge is 0.353 e. The lowest BCUT2D eigenvalue weighted by molar-refractivity contribution is -0.133. The van der Waals surface area contributed by atoms with Gasteiger partial charge in [-0.1, -0.05) is 6.92 Å². The Balaban J connectivity index is 1.68. The lowest BCUT2D eigenvalue weighted by atomic mass is 10.0. The lowest BCUT2D eigenvalue weighted by Gasteiger charge is -2.32. The quantitative estimate of drug-likeness (QED) is 0.761. The van der Waals surface area contributed by atoms with Crippen molar-refractivity contribution in [1.82, 2.24) is 10.2 Å². The molecule has 5 nitrogen and oxygen atoms in total. The van der Waals surface area contributed by atoms with E-state index >= 15 is 0 Å². The van der Waals surface area contributed by atoms with Gasteiger partial charge in [0.1, 0.15) is 0 Å². The van der Waals surface area contributed by atoms with Crippen LogP contribution in [0.3, 0.4) is 0 Å². The molecule has 1 saturated carbocycles. The third-order valence-corrected chi connectivity index (χ3v) is 4.03. The van der Waals surface area contributed by atoms with Gasteiger partial charge < -0.3 is 16.0 Å². The number of hydrogen-bond acceptors (Lipinski definition) is 3. The average molecular weight is 267 g/mol. The van der Waals surface area contributed by atoms with Gasteiger partial charge in [-0.05, 0) is 38.1 Å². The maximum absolute atomic E-state index is 11.9. The molecular weight excluding hydrogens is 242 g/mol. The van der Waals surface area contributed by atoms with Crippen LogP contribution in [0.1, 0.15) is 39.0 Å². The van der Waals surface area contributed by atoms with E-state index in [2.05, 4.69) is 5.32 Å². The third-order valence-electron chi connectivity index (χ3n) is 4.03. The highest BCUT2D eigenvalue weighted by atomic mass is 16.2. The summed E-state index contributed by atoms with van der Waals surface area (Å²) in [5.74, 6) is 0.944. The summed E-state index contributed by atoms with van der Waals surface area (Å²) in [6, 6.07) is 0.223. The summed E-state index contributed by atoms with van der Waals surface area (Å²) in [6.45, 7) is 4.09. The summed E-state index contributed by atoms with van der Waals surface area (Å²) < 4.78 is 0. The van der Waals surface area contributed by atoms with E-state index in [1.165, 1.54) is 0 Å². The number of likely N-dealkylation sites (tertiary alicyclic amines) is 1. The molecule has 1 aliphatic heterocycles. The summed E-state index contributed by atoms with van der Waals surface area (Å²) in [7, 11) is 0. The molecule has 0 aromatic rings. The maximum atomic E-state index is 11.9. The SMILES string of the molecule is CC(CN)CC(=O)NC1CCN(C(=O)C2CC2)CC1. The normalized spacial score (nSPS) is 22.1. The van der Waals surface area contributed by atoms with Gasteiger partial charge in [-0.25, -0.2) is 0 Å². The van der Waals surface area contributed by atoms with Gasteiger partial charge in [-0.2, -0.15) is 0 Å². The predicted molar refractivity (Wildman–Crippen MR) is 73.3 cm³/mol. The van der Waals surface area contributed by atoms with E-state index in [1.807, 2.05) is 11.8 Å². The molecule has 0 radical (unpaired) electrons. The molecular formula is C14H25N3O2. The molecule has 108 valence electrons. The number of carbonyl (C=O) groups is 2. The first kappa shape index (κ1) is 14.3. The highest BCUT2D eigenvalue weighted by Gasteiger charge is 2.35. The van der Waals surface area contributed by atoms with Gasteiger partial charge in [0.15, 0.2) is 0 Å². The second-order valence-electron chi connectivity index (χ2n) is 5.99. The van der Waals surface area contributed by atoms with E-state index in [9.17, 15) is 9.59 Å². The molecule has 0 aromatic heterocycles. The van der Waals surface area contributed by atoms with Crippen molar-refractivity contribution < 1.29 is 9.59 Å². The van der Waals surface area contributed by atoms with E-state index in [0.29, 0.717) is 24.8 Å². The molecule has 2 amide bonds. The molecule has 2 fully saturated rings. The van der Waals surface area contributed by atoms with Crippen LogP contribution in [0.2, 0.25) is 0 Å². The summed E-state index contributed by atoms with van der Waals surface area (Å²) in [4.78, 5) is 25.6. The van der Waals surface area contributed by atoms with Crippen molar-refractivity contribution in [2.24, 2.45) is 17.6 Å². The first-order chi connectivity index (χ1) is 9.10. The molecule has 0 bridgehead atoms. The van der Waals surface area contributed by atoms with Crippen LogP contribution < -0.4 is 11.1 Å². The monoisotopic (exact) mass is 267 g/mol. The van der Waals surface area contributed by atoms with Crippen LogP contribution in [0, 0.1) is 11.8 Å². The molecule has 1 saturated heterocycles. The zero-order valence-electron chi connectivity index (χ0n) is 11.7. The number of hydrogen-bond donors (Lipinski definition) is 2. The second kappa shape index (κ2) is 6.37. The van der Waals surface area contributed by atoms with Crippen molar-refractivity contribution in [3.63, 3.8) is 0 Å². The van der Waals surface area contributed by atoms with Crippen LogP contribution in [0.15, 0.2) is 0 Å². The lowest BCUT2D eigenvalue weighted by Crippen LogP contribution is -2.47. The molecule has 1 heterocycles. The number of amides is 2. The summed E-state index contributed by atoms with van der Waals surface area (Å²) >= 11 is 0. The van der Waals surface area contributed by atoms with Gasteiger partial charge in [0, 0.05) is 31.5 Å². The highest BCUT2D eigenvalue weighted by Crippen LogP contribution is 2.31. The van der Waals surface area contributed by atoms with E-state index in [0.717, 1.165) is 38.8 Å². The fourth-order valence-corrected chi connectivity index (χ4v) is 2.52. The van der Waals surface area contributed by atoms with Gasteiger partial charge >= 0.3 is 0 Å². The maximum Gasteiger partial charge on any atom is 0.225 e. The van der Waals surface area contributed by atoms with E-state index in [-0.39, 0.29) is 17.9 Å². The summed E-state index contributed by atoms with van der Waals surface area (Å²) in [5.41, 5.74) is 5.52. The first-order valence-electron chi connectivity index (χ1n) is 7.38. The van der Waals surface area contributed by atoms with Crippen molar-refractivity contribution in [3.8, 4) is 0 Å². The minimum Gasteiger partial charge on any atom is -0.353 e. The van der Waals surface area contributed by atoms with Crippen molar-refractivity contribution >= 4 is 11.8 Å². The van der Waals surface area contributed by atoms with Gasteiger partial charge in [-0.3, -0.25) is 9.59 Å². The smallest absolute Gasteiger partial charge is 0.225 e. The van der Waals surface area contributed by atoms with Crippen LogP contribution in [0.5, 0.6) is 0 Å². The zero-order chi connectivity index (χ0) is 13.8. The van der Waals surface area contributed by atoms with Crippen LogP contribution in [-0.2, 0) is 9.59 Å². The van der Waals surface area contributed by atoms with Gasteiger partial charge in [0.25, 0.3) is 0 Å². The topological polar surface area (TPSA) is 75.4 Å². The first-order valence-corrected chi connectivity index (χ1v) is 7.38. The Kier molecular flexibility index (Phi) is 4.80. The summed E-state index contributed by atoms with van der Waals surface area (Å²) in [6.07, 6.45) is 4.37. The van der Waals surface area contributed by atoms with Crippen molar-refractivity contribution in [1.29, 1.82) is 0 Å². The fraction of sp³-hybridized carbons (Fsp3) is 0.857. The molecule has 19 heavy (non-hydrogen) atoms. The predicted octanol–water partition coefficient (Wildman–Crippen LogP) is 0.489. The molecule has 0 aromatic carbocycles. The van der Waals surface area contributed by atoms with E-state index < -0.39 is 0 Å². The Morgan fingerprint density at radius 1 is 1.26 bits per heavy atom. The fourth-order valence-electron chi connectivity index (χ4n) is 2.52. The molecule has 1 atom stereocenters. The summed E-state index contributed by atoms with van der Waals surface area (Å²) in [5, 5.41) is 3.06. The van der Waals surface area contributed by atoms with Crippen LogP contribution in [-0.4, -0.2) is 42.4 Å². The highest BCUT2D eigenvalue weighted by molar-refractivity contribution is 5.81. The number of nitrogens with two attached hydrogens (primary N) is 1. The van der Waals surface area contributed by atoms with Crippen molar-refractivity contribution in [2.75, 3.05) is 19.6 Å². The van der Waals surface area contributed by atoms with Crippen molar-refractivity contribution in [3.05, 3.63) is 0 Å². The molecule has 3 N–H and O–H groups in total. The minimum atomic E-state index is 0.0879. The third kappa shape index (κ3) is 4.20. The Bertz CT molecular complexity index is 334. The number of rotatable bonds is 5. The van der Waals surface area contributed by atoms with Gasteiger partial charge in [-0.15, -0.1) is 0 Å². The molecule has 1 unspecified atom stereocenters. The Morgan fingerprint density at radius 2 is 1.89 bits per heavy atom. The number of nitrogens with zero attached hydrogens (tertiary/aromatic N) is 1. The average Bonchev–Trinajstić information content (AvgIpc) is 3.22. The Morgan fingerprint density at radius 3 is 2.42 bits per heavy atom. The minimum absolute atomic E-state index is 0.0879. The van der Waals surface area contributed by atoms with Crippen LogP contribution in [0.4, 0.5) is 0 Å². The van der Waals surface area contributed by atoms with E-state index in [1.54, 1.807) is 0 Å². The number of carbonyl (C=O) groups excluding carboxylic acids is 2. The van der Waals surface area contributed by atoms with Crippen LogP contribution in [0.25, 0.3) is 0 Å². The second-order valence-corrected chi connectivity index (χ2v) is 5.99. The van der Waals surface area contributed by atoms with Crippen molar-refractivity contribution in [2.45, 2.75) is 45.1 Å². The number of piperidine rings is 1. The molecule has 2 rings (SSSR count). The number of nitrogens with one attached hydrogen (secondary N) is 1. The molecule has 2 aliphatic rings.